The molecule has 2 aromatic carbocycles. The van der Waals surface area contributed by atoms with Gasteiger partial charge in [0.1, 0.15) is 11.5 Å². The third-order valence-electron chi connectivity index (χ3n) is 5.99. The van der Waals surface area contributed by atoms with E-state index in [-0.39, 0.29) is 11.6 Å². The summed E-state index contributed by atoms with van der Waals surface area (Å²) in [7, 11) is 0. The summed E-state index contributed by atoms with van der Waals surface area (Å²) in [6, 6.07) is 14.3. The largest absolute Gasteiger partial charge is 0.325 e. The highest BCUT2D eigenvalue weighted by atomic mass is 35.5. The summed E-state index contributed by atoms with van der Waals surface area (Å²) in [5.41, 5.74) is 6.97. The van der Waals surface area contributed by atoms with Gasteiger partial charge >= 0.3 is 0 Å². The highest BCUT2D eigenvalue weighted by Crippen LogP contribution is 2.40. The summed E-state index contributed by atoms with van der Waals surface area (Å²) < 4.78 is 18.0. The number of ketones is 1. The summed E-state index contributed by atoms with van der Waals surface area (Å²) in [6.07, 6.45) is 5.51. The standard InChI is InChI=1S/C25H22ClFN2O/c1-2-22(30)24-23(17-8-12-19(27)13-9-17)20-5-3-4-14-28-21(15-29(24)25(20)28)16-6-10-18(26)11-7-16/h6-13,15H,2-5,14H2,1H3. The molecule has 0 radical (unpaired) electrons. The smallest absolute Gasteiger partial charge is 0.179 e. The second-order valence-electron chi connectivity index (χ2n) is 7.81. The minimum Gasteiger partial charge on any atom is -0.325 e. The summed E-state index contributed by atoms with van der Waals surface area (Å²) in [4.78, 5) is 13.1. The van der Waals surface area contributed by atoms with Crippen LogP contribution in [0.2, 0.25) is 5.02 Å². The van der Waals surface area contributed by atoms with Crippen LogP contribution in [-0.4, -0.2) is 14.8 Å². The van der Waals surface area contributed by atoms with Crippen LogP contribution in [0.25, 0.3) is 28.0 Å². The average molecular weight is 421 g/mol. The number of aryl methyl sites for hydroxylation is 2. The fraction of sp³-hybridized carbons (Fsp3) is 0.240. The predicted octanol–water partition coefficient (Wildman–Crippen LogP) is 6.80. The normalized spacial score (nSPS) is 13.6. The molecular formula is C25H22ClFN2O. The lowest BCUT2D eigenvalue weighted by Crippen LogP contribution is -2.03. The zero-order valence-corrected chi connectivity index (χ0v) is 17.5. The van der Waals surface area contributed by atoms with Gasteiger partial charge < -0.3 is 4.57 Å². The molecule has 152 valence electrons. The fourth-order valence-electron chi connectivity index (χ4n) is 4.61. The summed E-state index contributed by atoms with van der Waals surface area (Å²) in [5.74, 6) is -0.178. The Morgan fingerprint density at radius 1 is 1.03 bits per heavy atom. The maximum absolute atomic E-state index is 13.6. The van der Waals surface area contributed by atoms with Gasteiger partial charge in [0, 0.05) is 35.3 Å². The summed E-state index contributed by atoms with van der Waals surface area (Å²) in [6.45, 7) is 2.78. The summed E-state index contributed by atoms with van der Waals surface area (Å²) in [5, 5.41) is 0.703. The fourth-order valence-corrected chi connectivity index (χ4v) is 4.73. The van der Waals surface area contributed by atoms with Crippen LogP contribution in [-0.2, 0) is 13.0 Å². The molecule has 0 atom stereocenters. The third kappa shape index (κ3) is 2.98. The first kappa shape index (κ1) is 19.1. The number of imidazole rings is 1. The molecule has 1 aliphatic rings. The van der Waals surface area contributed by atoms with Crippen molar-refractivity contribution in [1.29, 1.82) is 0 Å². The zero-order valence-electron chi connectivity index (χ0n) is 16.8. The van der Waals surface area contributed by atoms with E-state index in [1.54, 1.807) is 12.1 Å². The van der Waals surface area contributed by atoms with Crippen molar-refractivity contribution in [3.63, 3.8) is 0 Å². The summed E-state index contributed by atoms with van der Waals surface area (Å²) >= 11 is 6.09. The minimum atomic E-state index is -0.272. The van der Waals surface area contributed by atoms with Crippen molar-refractivity contribution in [1.82, 2.24) is 8.97 Å². The van der Waals surface area contributed by atoms with Crippen molar-refractivity contribution in [2.24, 2.45) is 0 Å². The molecule has 30 heavy (non-hydrogen) atoms. The van der Waals surface area contributed by atoms with Gasteiger partial charge in [0.15, 0.2) is 5.78 Å². The Morgan fingerprint density at radius 3 is 2.43 bits per heavy atom. The monoisotopic (exact) mass is 420 g/mol. The van der Waals surface area contributed by atoms with Crippen LogP contribution in [0.3, 0.4) is 0 Å². The van der Waals surface area contributed by atoms with Gasteiger partial charge in [-0.25, -0.2) is 4.39 Å². The topological polar surface area (TPSA) is 26.4 Å². The molecule has 0 N–H and O–H groups in total. The molecule has 0 aliphatic carbocycles. The van der Waals surface area contributed by atoms with Crippen molar-refractivity contribution in [3.8, 4) is 22.4 Å². The Kier molecular flexibility index (Phi) is 4.75. The van der Waals surface area contributed by atoms with Crippen LogP contribution in [0, 0.1) is 5.82 Å². The number of halogens is 2. The van der Waals surface area contributed by atoms with Crippen molar-refractivity contribution in [2.75, 3.05) is 0 Å². The maximum atomic E-state index is 13.6. The molecule has 0 amide bonds. The number of hydrogen-bond acceptors (Lipinski definition) is 1. The molecule has 0 fully saturated rings. The van der Waals surface area contributed by atoms with Gasteiger partial charge in [-0.1, -0.05) is 42.8 Å². The number of carbonyl (C=O) groups excluding carboxylic acids is 1. The van der Waals surface area contributed by atoms with Crippen molar-refractivity contribution in [2.45, 2.75) is 39.2 Å². The van der Waals surface area contributed by atoms with Crippen LogP contribution < -0.4 is 0 Å². The molecule has 5 heteroatoms. The number of Topliss-reactive ketones (excluding diaryl/α,β-unsaturated/α-hetero) is 1. The molecule has 0 saturated carbocycles. The molecule has 3 heterocycles. The van der Waals surface area contributed by atoms with Crippen LogP contribution in [0.5, 0.6) is 0 Å². The van der Waals surface area contributed by atoms with E-state index >= 15 is 0 Å². The maximum Gasteiger partial charge on any atom is 0.179 e. The van der Waals surface area contributed by atoms with E-state index < -0.39 is 0 Å². The molecule has 1 aliphatic heterocycles. The van der Waals surface area contributed by atoms with Crippen LogP contribution in [0.15, 0.2) is 54.7 Å². The molecule has 0 spiro atoms. The van der Waals surface area contributed by atoms with Gasteiger partial charge in [-0.05, 0) is 54.7 Å². The molecule has 3 nitrogen and oxygen atoms in total. The second-order valence-corrected chi connectivity index (χ2v) is 8.25. The van der Waals surface area contributed by atoms with E-state index in [4.69, 9.17) is 11.6 Å². The molecular weight excluding hydrogens is 399 g/mol. The van der Waals surface area contributed by atoms with Crippen molar-refractivity contribution >= 4 is 23.0 Å². The van der Waals surface area contributed by atoms with E-state index in [0.29, 0.717) is 17.1 Å². The predicted molar refractivity (Wildman–Crippen MR) is 119 cm³/mol. The van der Waals surface area contributed by atoms with Crippen molar-refractivity contribution in [3.05, 3.63) is 76.8 Å². The average Bonchev–Trinajstić information content (AvgIpc) is 3.17. The molecule has 5 rings (SSSR count). The van der Waals surface area contributed by atoms with E-state index in [9.17, 15) is 9.18 Å². The first-order valence-electron chi connectivity index (χ1n) is 10.4. The van der Waals surface area contributed by atoms with Gasteiger partial charge in [-0.3, -0.25) is 9.20 Å². The molecule has 0 saturated heterocycles. The SMILES string of the molecule is CCC(=O)c1c(-c2ccc(F)cc2)c2c3n(c(-c4ccc(Cl)cc4)cn13)CCCC2. The lowest BCUT2D eigenvalue weighted by atomic mass is 9.96. The van der Waals surface area contributed by atoms with Gasteiger partial charge in [0.25, 0.3) is 0 Å². The Morgan fingerprint density at radius 2 is 1.73 bits per heavy atom. The number of aromatic nitrogens is 2. The number of rotatable bonds is 4. The zero-order chi connectivity index (χ0) is 20.8. The number of benzene rings is 2. The molecule has 2 aromatic heterocycles. The Balaban J connectivity index is 1.84. The first-order valence-corrected chi connectivity index (χ1v) is 10.8. The van der Waals surface area contributed by atoms with Crippen molar-refractivity contribution < 1.29 is 9.18 Å². The van der Waals surface area contributed by atoms with E-state index in [0.717, 1.165) is 53.8 Å². The molecule has 0 unspecified atom stereocenters. The van der Waals surface area contributed by atoms with E-state index in [1.807, 2.05) is 31.2 Å². The number of nitrogens with zero attached hydrogens (tertiary/aromatic N) is 2. The van der Waals surface area contributed by atoms with E-state index in [1.165, 1.54) is 17.7 Å². The Labute approximate surface area is 179 Å². The van der Waals surface area contributed by atoms with Crippen LogP contribution in [0.4, 0.5) is 4.39 Å². The van der Waals surface area contributed by atoms with Crippen LogP contribution >= 0.6 is 11.6 Å². The number of hydrogen-bond donors (Lipinski definition) is 0. The third-order valence-corrected chi connectivity index (χ3v) is 6.24. The van der Waals surface area contributed by atoms with Gasteiger partial charge in [0.2, 0.25) is 0 Å². The first-order chi connectivity index (χ1) is 14.6. The molecule has 0 bridgehead atoms. The molecule has 4 aromatic rings. The van der Waals surface area contributed by atoms with Gasteiger partial charge in [-0.2, -0.15) is 0 Å². The quantitative estimate of drug-likeness (QED) is 0.333. The van der Waals surface area contributed by atoms with Crippen LogP contribution in [0.1, 0.15) is 42.2 Å². The highest BCUT2D eigenvalue weighted by molar-refractivity contribution is 6.30. The Hall–Kier alpha value is -2.85. The second kappa shape index (κ2) is 7.44. The van der Waals surface area contributed by atoms with Gasteiger partial charge in [-0.15, -0.1) is 0 Å². The lowest BCUT2D eigenvalue weighted by Gasteiger charge is -2.09. The van der Waals surface area contributed by atoms with E-state index in [2.05, 4.69) is 15.2 Å². The number of carbonyl (C=O) groups is 1. The lowest BCUT2D eigenvalue weighted by molar-refractivity contribution is 0.0983. The van der Waals surface area contributed by atoms with Gasteiger partial charge in [0.05, 0.1) is 11.4 Å². The minimum absolute atomic E-state index is 0.0935. The highest BCUT2D eigenvalue weighted by Gasteiger charge is 2.28. The Bertz CT molecular complexity index is 1250.